The second kappa shape index (κ2) is 6.07. The summed E-state index contributed by atoms with van der Waals surface area (Å²) in [6, 6.07) is 3.34. The number of hydrogen-bond acceptors (Lipinski definition) is 3. The zero-order valence-corrected chi connectivity index (χ0v) is 8.90. The number of carbonyl (C=O) groups is 1. The summed E-state index contributed by atoms with van der Waals surface area (Å²) in [6.07, 6.45) is 0.617. The van der Waals surface area contributed by atoms with Crippen molar-refractivity contribution < 1.29 is 23.8 Å². The quantitative estimate of drug-likeness (QED) is 0.756. The highest BCUT2D eigenvalue weighted by molar-refractivity contribution is 5.90. The van der Waals surface area contributed by atoms with Crippen molar-refractivity contribution in [2.75, 3.05) is 20.3 Å². The molecular formula is C11H13FO4. The minimum Gasteiger partial charge on any atom is -0.492 e. The number of rotatable bonds is 6. The molecule has 0 heterocycles. The number of benzene rings is 1. The standard InChI is InChI=1S/C11H13FO4/c1-15-5-2-6-16-10-7-8(12)3-4-9(10)11(13)14/h3-4,7H,2,5-6H2,1H3,(H,13,14). The molecular weight excluding hydrogens is 215 g/mol. The third-order valence-corrected chi connectivity index (χ3v) is 1.92. The molecule has 0 radical (unpaired) electrons. The Morgan fingerprint density at radius 2 is 2.19 bits per heavy atom. The number of methoxy groups -OCH3 is 1. The molecule has 0 saturated heterocycles. The fraction of sp³-hybridized carbons (Fsp3) is 0.364. The van der Waals surface area contributed by atoms with Gasteiger partial charge < -0.3 is 14.6 Å². The summed E-state index contributed by atoms with van der Waals surface area (Å²) in [6.45, 7) is 0.801. The van der Waals surface area contributed by atoms with Crippen LogP contribution in [0.5, 0.6) is 5.75 Å². The molecule has 0 unspecified atom stereocenters. The zero-order chi connectivity index (χ0) is 12.0. The first-order chi connectivity index (χ1) is 7.65. The number of ether oxygens (including phenoxy) is 2. The number of aromatic carboxylic acids is 1. The van der Waals surface area contributed by atoms with Gasteiger partial charge in [-0.1, -0.05) is 0 Å². The molecule has 0 amide bonds. The number of carboxylic acids is 1. The van der Waals surface area contributed by atoms with Crippen LogP contribution in [0.25, 0.3) is 0 Å². The van der Waals surface area contributed by atoms with E-state index >= 15 is 0 Å². The maximum atomic E-state index is 12.9. The van der Waals surface area contributed by atoms with E-state index in [1.807, 2.05) is 0 Å². The van der Waals surface area contributed by atoms with Gasteiger partial charge in [0, 0.05) is 26.2 Å². The van der Waals surface area contributed by atoms with Crippen molar-refractivity contribution in [2.45, 2.75) is 6.42 Å². The van der Waals surface area contributed by atoms with Crippen molar-refractivity contribution in [1.29, 1.82) is 0 Å². The Morgan fingerprint density at radius 3 is 2.81 bits per heavy atom. The van der Waals surface area contributed by atoms with E-state index in [0.717, 1.165) is 12.1 Å². The molecule has 0 aromatic heterocycles. The van der Waals surface area contributed by atoms with Gasteiger partial charge >= 0.3 is 5.97 Å². The fourth-order valence-electron chi connectivity index (χ4n) is 1.18. The van der Waals surface area contributed by atoms with E-state index in [-0.39, 0.29) is 17.9 Å². The Morgan fingerprint density at radius 1 is 1.44 bits per heavy atom. The zero-order valence-electron chi connectivity index (χ0n) is 8.90. The summed E-state index contributed by atoms with van der Waals surface area (Å²) in [5, 5.41) is 8.83. The maximum Gasteiger partial charge on any atom is 0.339 e. The molecule has 0 aliphatic heterocycles. The van der Waals surface area contributed by atoms with Gasteiger partial charge in [0.2, 0.25) is 0 Å². The number of halogens is 1. The summed E-state index contributed by atoms with van der Waals surface area (Å²) in [5.41, 5.74) is -0.0428. The minimum atomic E-state index is -1.14. The fourth-order valence-corrected chi connectivity index (χ4v) is 1.18. The van der Waals surface area contributed by atoms with Crippen molar-refractivity contribution in [3.05, 3.63) is 29.6 Å². The molecule has 1 rings (SSSR count). The summed E-state index contributed by atoms with van der Waals surface area (Å²) in [5.74, 6) is -1.61. The van der Waals surface area contributed by atoms with Crippen LogP contribution in [0, 0.1) is 5.82 Å². The lowest BCUT2D eigenvalue weighted by molar-refractivity contribution is 0.0691. The third-order valence-electron chi connectivity index (χ3n) is 1.92. The van der Waals surface area contributed by atoms with E-state index in [4.69, 9.17) is 14.6 Å². The number of hydrogen-bond donors (Lipinski definition) is 1. The topological polar surface area (TPSA) is 55.8 Å². The third kappa shape index (κ3) is 3.51. The summed E-state index contributed by atoms with van der Waals surface area (Å²) in [4.78, 5) is 10.8. The van der Waals surface area contributed by atoms with Crippen molar-refractivity contribution in [2.24, 2.45) is 0 Å². The van der Waals surface area contributed by atoms with E-state index in [1.54, 1.807) is 7.11 Å². The van der Waals surface area contributed by atoms with Crippen LogP contribution in [0.1, 0.15) is 16.8 Å². The molecule has 1 N–H and O–H groups in total. The van der Waals surface area contributed by atoms with Gasteiger partial charge in [-0.05, 0) is 12.1 Å². The van der Waals surface area contributed by atoms with E-state index in [1.165, 1.54) is 6.07 Å². The molecule has 0 aliphatic rings. The monoisotopic (exact) mass is 228 g/mol. The molecule has 0 atom stereocenters. The van der Waals surface area contributed by atoms with Crippen molar-refractivity contribution in [1.82, 2.24) is 0 Å². The highest BCUT2D eigenvalue weighted by atomic mass is 19.1. The van der Waals surface area contributed by atoms with Gasteiger partial charge in [-0.25, -0.2) is 9.18 Å². The van der Waals surface area contributed by atoms with E-state index in [0.29, 0.717) is 13.0 Å². The molecule has 0 spiro atoms. The molecule has 1 aromatic rings. The van der Waals surface area contributed by atoms with E-state index < -0.39 is 11.8 Å². The largest absolute Gasteiger partial charge is 0.492 e. The van der Waals surface area contributed by atoms with Crippen LogP contribution in [0.3, 0.4) is 0 Å². The van der Waals surface area contributed by atoms with Gasteiger partial charge in [0.1, 0.15) is 17.1 Å². The van der Waals surface area contributed by atoms with Crippen LogP contribution in [-0.2, 0) is 4.74 Å². The van der Waals surface area contributed by atoms with Crippen LogP contribution >= 0.6 is 0 Å². The molecule has 0 aliphatic carbocycles. The van der Waals surface area contributed by atoms with Crippen molar-refractivity contribution >= 4 is 5.97 Å². The Labute approximate surface area is 92.6 Å². The predicted molar refractivity (Wildman–Crippen MR) is 55.3 cm³/mol. The molecule has 88 valence electrons. The highest BCUT2D eigenvalue weighted by Crippen LogP contribution is 2.20. The Bertz CT molecular complexity index is 365. The average Bonchev–Trinajstić information content (AvgIpc) is 2.24. The molecule has 1 aromatic carbocycles. The second-order valence-electron chi connectivity index (χ2n) is 3.14. The van der Waals surface area contributed by atoms with Gasteiger partial charge in [-0.3, -0.25) is 0 Å². The highest BCUT2D eigenvalue weighted by Gasteiger charge is 2.11. The van der Waals surface area contributed by atoms with E-state index in [9.17, 15) is 9.18 Å². The smallest absolute Gasteiger partial charge is 0.339 e. The van der Waals surface area contributed by atoms with Gasteiger partial charge in [0.25, 0.3) is 0 Å². The summed E-state index contributed by atoms with van der Waals surface area (Å²) >= 11 is 0. The first kappa shape index (κ1) is 12.4. The Balaban J connectivity index is 2.68. The molecule has 0 bridgehead atoms. The Kier molecular flexibility index (Phi) is 4.72. The normalized spacial score (nSPS) is 10.1. The van der Waals surface area contributed by atoms with Crippen LogP contribution in [-0.4, -0.2) is 31.4 Å². The van der Waals surface area contributed by atoms with Gasteiger partial charge in [-0.2, -0.15) is 0 Å². The summed E-state index contributed by atoms with van der Waals surface area (Å²) < 4.78 is 22.9. The SMILES string of the molecule is COCCCOc1cc(F)ccc1C(=O)O. The van der Waals surface area contributed by atoms with Crippen LogP contribution in [0.4, 0.5) is 4.39 Å². The second-order valence-corrected chi connectivity index (χ2v) is 3.14. The lowest BCUT2D eigenvalue weighted by atomic mass is 10.2. The number of carboxylic acid groups (broad SMARTS) is 1. The maximum absolute atomic E-state index is 12.9. The van der Waals surface area contributed by atoms with Crippen molar-refractivity contribution in [3.63, 3.8) is 0 Å². The predicted octanol–water partition coefficient (Wildman–Crippen LogP) is 1.94. The van der Waals surface area contributed by atoms with Crippen LogP contribution in [0.15, 0.2) is 18.2 Å². The molecule has 0 fully saturated rings. The molecule has 0 saturated carbocycles. The van der Waals surface area contributed by atoms with E-state index in [2.05, 4.69) is 0 Å². The van der Waals surface area contributed by atoms with Crippen LogP contribution < -0.4 is 4.74 Å². The first-order valence-corrected chi connectivity index (χ1v) is 4.79. The van der Waals surface area contributed by atoms with Crippen LogP contribution in [0.2, 0.25) is 0 Å². The van der Waals surface area contributed by atoms with Gasteiger partial charge in [0.05, 0.1) is 6.61 Å². The first-order valence-electron chi connectivity index (χ1n) is 4.79. The lowest BCUT2D eigenvalue weighted by Crippen LogP contribution is -2.06. The summed E-state index contributed by atoms with van der Waals surface area (Å²) in [7, 11) is 1.56. The average molecular weight is 228 g/mol. The molecule has 16 heavy (non-hydrogen) atoms. The van der Waals surface area contributed by atoms with Crippen molar-refractivity contribution in [3.8, 4) is 5.75 Å². The Hall–Kier alpha value is -1.62. The minimum absolute atomic E-state index is 0.0428. The lowest BCUT2D eigenvalue weighted by Gasteiger charge is -2.08. The van der Waals surface area contributed by atoms with Gasteiger partial charge in [0.15, 0.2) is 0 Å². The molecule has 5 heteroatoms. The molecule has 4 nitrogen and oxygen atoms in total. The van der Waals surface area contributed by atoms with Gasteiger partial charge in [-0.15, -0.1) is 0 Å².